The average Bonchev–Trinajstić information content (AvgIpc) is 2.54. The molecule has 1 heterocycles. The number of hydrogen-bond acceptors (Lipinski definition) is 4. The molecule has 0 spiro atoms. The molecule has 0 bridgehead atoms. The van der Waals surface area contributed by atoms with E-state index in [2.05, 4.69) is 53.2 Å². The lowest BCUT2D eigenvalue weighted by Crippen LogP contribution is -2.45. The lowest BCUT2D eigenvalue weighted by molar-refractivity contribution is 0.178. The van der Waals surface area contributed by atoms with Crippen LogP contribution >= 0.6 is 0 Å². The molecule has 2 N–H and O–H groups in total. The van der Waals surface area contributed by atoms with E-state index in [1.165, 1.54) is 0 Å². The summed E-state index contributed by atoms with van der Waals surface area (Å²) in [5.41, 5.74) is 1.11. The SMILES string of the molecule is CCOc1cc(CNC(=NC)NCCN(C(C)C)C(C)C)ccn1. The average molecular weight is 335 g/mol. The number of nitrogens with zero attached hydrogens (tertiary/aromatic N) is 3. The molecule has 1 aromatic rings. The summed E-state index contributed by atoms with van der Waals surface area (Å²) in [5.74, 6) is 1.46. The molecule has 6 nitrogen and oxygen atoms in total. The van der Waals surface area contributed by atoms with E-state index in [0.29, 0.717) is 31.1 Å². The van der Waals surface area contributed by atoms with Crippen molar-refractivity contribution >= 4 is 5.96 Å². The van der Waals surface area contributed by atoms with Gasteiger partial charge in [-0.25, -0.2) is 4.98 Å². The maximum Gasteiger partial charge on any atom is 0.213 e. The Kier molecular flexibility index (Phi) is 9.15. The van der Waals surface area contributed by atoms with Gasteiger partial charge < -0.3 is 15.4 Å². The van der Waals surface area contributed by atoms with E-state index in [1.54, 1.807) is 13.2 Å². The van der Waals surface area contributed by atoms with Gasteiger partial charge in [0.05, 0.1) is 6.61 Å². The Labute approximate surface area is 146 Å². The Bertz CT molecular complexity index is 494. The minimum absolute atomic E-state index is 0.538. The van der Waals surface area contributed by atoms with E-state index < -0.39 is 0 Å². The van der Waals surface area contributed by atoms with Crippen molar-refractivity contribution in [1.82, 2.24) is 20.5 Å². The number of pyridine rings is 1. The highest BCUT2D eigenvalue weighted by molar-refractivity contribution is 5.79. The molecule has 0 radical (unpaired) electrons. The van der Waals surface area contributed by atoms with Crippen LogP contribution in [0.4, 0.5) is 0 Å². The van der Waals surface area contributed by atoms with Crippen LogP contribution in [0.25, 0.3) is 0 Å². The van der Waals surface area contributed by atoms with E-state index in [0.717, 1.165) is 24.6 Å². The molecule has 0 saturated heterocycles. The summed E-state index contributed by atoms with van der Waals surface area (Å²) in [6, 6.07) is 5.00. The highest BCUT2D eigenvalue weighted by Gasteiger charge is 2.12. The highest BCUT2D eigenvalue weighted by Crippen LogP contribution is 2.08. The summed E-state index contributed by atoms with van der Waals surface area (Å²) in [5, 5.41) is 6.69. The first-order chi connectivity index (χ1) is 11.5. The van der Waals surface area contributed by atoms with Crippen molar-refractivity contribution in [2.45, 2.75) is 53.2 Å². The molecular weight excluding hydrogens is 302 g/mol. The first-order valence-corrected chi connectivity index (χ1v) is 8.75. The lowest BCUT2D eigenvalue weighted by atomic mass is 10.2. The van der Waals surface area contributed by atoms with Crippen LogP contribution in [-0.4, -0.2) is 54.7 Å². The molecule has 0 aromatic carbocycles. The summed E-state index contributed by atoms with van der Waals surface area (Å²) in [7, 11) is 1.79. The molecule has 0 aliphatic rings. The van der Waals surface area contributed by atoms with Gasteiger partial charge in [-0.1, -0.05) is 0 Å². The van der Waals surface area contributed by atoms with Gasteiger partial charge in [-0.05, 0) is 46.2 Å². The number of rotatable bonds is 9. The molecule has 0 amide bonds. The predicted octanol–water partition coefficient (Wildman–Crippen LogP) is 2.26. The Balaban J connectivity index is 2.44. The predicted molar refractivity (Wildman–Crippen MR) is 101 cm³/mol. The molecular formula is C18H33N5O. The number of guanidine groups is 1. The molecule has 24 heavy (non-hydrogen) atoms. The Morgan fingerprint density at radius 3 is 2.54 bits per heavy atom. The maximum atomic E-state index is 5.43. The van der Waals surface area contributed by atoms with Crippen LogP contribution in [0, 0.1) is 0 Å². The van der Waals surface area contributed by atoms with Gasteiger partial charge in [-0.15, -0.1) is 0 Å². The van der Waals surface area contributed by atoms with Crippen molar-refractivity contribution in [2.75, 3.05) is 26.7 Å². The van der Waals surface area contributed by atoms with Crippen LogP contribution in [0.15, 0.2) is 23.3 Å². The minimum atomic E-state index is 0.538. The normalized spacial score (nSPS) is 12.1. The summed E-state index contributed by atoms with van der Waals surface area (Å²) < 4.78 is 5.43. The van der Waals surface area contributed by atoms with Crippen molar-refractivity contribution in [1.29, 1.82) is 0 Å². The van der Waals surface area contributed by atoms with E-state index in [9.17, 15) is 0 Å². The Morgan fingerprint density at radius 2 is 1.96 bits per heavy atom. The maximum absolute atomic E-state index is 5.43. The summed E-state index contributed by atoms with van der Waals surface area (Å²) in [6.07, 6.45) is 1.77. The topological polar surface area (TPSA) is 61.8 Å². The van der Waals surface area contributed by atoms with Gasteiger partial charge >= 0.3 is 0 Å². The lowest BCUT2D eigenvalue weighted by Gasteiger charge is -2.30. The fourth-order valence-corrected chi connectivity index (χ4v) is 2.61. The van der Waals surface area contributed by atoms with Crippen LogP contribution in [0.2, 0.25) is 0 Å². The van der Waals surface area contributed by atoms with E-state index in [-0.39, 0.29) is 0 Å². The van der Waals surface area contributed by atoms with Crippen molar-refractivity contribution in [3.05, 3.63) is 23.9 Å². The second kappa shape index (κ2) is 10.9. The van der Waals surface area contributed by atoms with Gasteiger partial charge in [-0.3, -0.25) is 9.89 Å². The molecule has 0 saturated carbocycles. The Morgan fingerprint density at radius 1 is 1.25 bits per heavy atom. The smallest absolute Gasteiger partial charge is 0.213 e. The Hall–Kier alpha value is -1.82. The zero-order chi connectivity index (χ0) is 17.9. The molecule has 0 aliphatic heterocycles. The van der Waals surface area contributed by atoms with Crippen molar-refractivity contribution in [2.24, 2.45) is 4.99 Å². The first kappa shape index (κ1) is 20.2. The third kappa shape index (κ3) is 7.17. The fraction of sp³-hybridized carbons (Fsp3) is 0.667. The second-order valence-corrected chi connectivity index (χ2v) is 6.21. The summed E-state index contributed by atoms with van der Waals surface area (Å²) in [6.45, 7) is 14.0. The number of hydrogen-bond donors (Lipinski definition) is 2. The van der Waals surface area contributed by atoms with Gasteiger partial charge in [0.25, 0.3) is 0 Å². The number of aliphatic imine (C=N–C) groups is 1. The van der Waals surface area contributed by atoms with Gasteiger partial charge in [0.15, 0.2) is 5.96 Å². The zero-order valence-electron chi connectivity index (χ0n) is 16.0. The summed E-state index contributed by atoms with van der Waals surface area (Å²) >= 11 is 0. The number of aromatic nitrogens is 1. The fourth-order valence-electron chi connectivity index (χ4n) is 2.61. The van der Waals surface area contributed by atoms with Gasteiger partial charge in [0.1, 0.15) is 0 Å². The first-order valence-electron chi connectivity index (χ1n) is 8.75. The van der Waals surface area contributed by atoms with Gasteiger partial charge in [0, 0.05) is 51.0 Å². The zero-order valence-corrected chi connectivity index (χ0v) is 16.0. The molecule has 0 fully saturated rings. The second-order valence-electron chi connectivity index (χ2n) is 6.21. The molecule has 0 aliphatic carbocycles. The van der Waals surface area contributed by atoms with Crippen LogP contribution in [0.3, 0.4) is 0 Å². The standard InChI is InChI=1S/C18H33N5O/c1-7-24-17-12-16(8-9-20-17)13-22-18(19-6)21-10-11-23(14(2)3)15(4)5/h8-9,12,14-15H,7,10-11,13H2,1-6H3,(H2,19,21,22). The number of ether oxygens (including phenoxy) is 1. The molecule has 6 heteroatoms. The van der Waals surface area contributed by atoms with Crippen LogP contribution in [-0.2, 0) is 6.54 Å². The number of nitrogens with one attached hydrogen (secondary N) is 2. The largest absolute Gasteiger partial charge is 0.478 e. The minimum Gasteiger partial charge on any atom is -0.478 e. The van der Waals surface area contributed by atoms with E-state index in [1.807, 2.05) is 19.1 Å². The van der Waals surface area contributed by atoms with Crippen molar-refractivity contribution in [3.63, 3.8) is 0 Å². The summed E-state index contributed by atoms with van der Waals surface area (Å²) in [4.78, 5) is 10.9. The van der Waals surface area contributed by atoms with E-state index in [4.69, 9.17) is 4.74 Å². The van der Waals surface area contributed by atoms with Gasteiger partial charge in [0.2, 0.25) is 5.88 Å². The van der Waals surface area contributed by atoms with Crippen LogP contribution in [0.5, 0.6) is 5.88 Å². The molecule has 0 unspecified atom stereocenters. The molecule has 1 aromatic heterocycles. The quantitative estimate of drug-likeness (QED) is 0.535. The highest BCUT2D eigenvalue weighted by atomic mass is 16.5. The molecule has 136 valence electrons. The molecule has 0 atom stereocenters. The van der Waals surface area contributed by atoms with Crippen LogP contribution in [0.1, 0.15) is 40.2 Å². The van der Waals surface area contributed by atoms with Gasteiger partial charge in [-0.2, -0.15) is 0 Å². The third-order valence-electron chi connectivity index (χ3n) is 3.76. The van der Waals surface area contributed by atoms with Crippen molar-refractivity contribution in [3.8, 4) is 5.88 Å². The van der Waals surface area contributed by atoms with Crippen LogP contribution < -0.4 is 15.4 Å². The van der Waals surface area contributed by atoms with E-state index >= 15 is 0 Å². The monoisotopic (exact) mass is 335 g/mol. The third-order valence-corrected chi connectivity index (χ3v) is 3.76. The van der Waals surface area contributed by atoms with Crippen molar-refractivity contribution < 1.29 is 4.74 Å². The molecule has 1 rings (SSSR count).